The highest BCUT2D eigenvalue weighted by molar-refractivity contribution is 9.10. The number of nitrogens with one attached hydrogen (secondary N) is 1. The highest BCUT2D eigenvalue weighted by Gasteiger charge is 2.09. The number of allylic oxidation sites excluding steroid dienone is 1. The maximum Gasteiger partial charge on any atom is 0.224 e. The Bertz CT molecular complexity index is 578. The third-order valence-corrected chi connectivity index (χ3v) is 3.05. The smallest absolute Gasteiger partial charge is 0.224 e. The number of amides is 1. The number of hydrogen-bond donors (Lipinski definition) is 1. The molecule has 0 aliphatic rings. The molecule has 5 heteroatoms. The highest BCUT2D eigenvalue weighted by Crippen LogP contribution is 2.24. The van der Waals surface area contributed by atoms with Crippen LogP contribution in [0.2, 0.25) is 0 Å². The fraction of sp³-hybridized carbons (Fsp3) is 0.143. The second-order valence-corrected chi connectivity index (χ2v) is 4.90. The predicted octanol–water partition coefficient (Wildman–Crippen LogP) is 3.54. The van der Waals surface area contributed by atoms with Crippen molar-refractivity contribution in [2.75, 3.05) is 5.32 Å². The van der Waals surface area contributed by atoms with Crippen molar-refractivity contribution in [2.24, 2.45) is 0 Å². The van der Waals surface area contributed by atoms with Crippen LogP contribution in [0.25, 0.3) is 5.69 Å². The highest BCUT2D eigenvalue weighted by atomic mass is 79.9. The lowest BCUT2D eigenvalue weighted by Gasteiger charge is -2.11. The predicted molar refractivity (Wildman–Crippen MR) is 79.3 cm³/mol. The summed E-state index contributed by atoms with van der Waals surface area (Å²) in [6, 6.07) is 7.52. The molecule has 1 amide bonds. The van der Waals surface area contributed by atoms with E-state index in [1.54, 1.807) is 17.0 Å². The first-order valence-electron chi connectivity index (χ1n) is 5.91. The van der Waals surface area contributed by atoms with E-state index in [4.69, 9.17) is 0 Å². The van der Waals surface area contributed by atoms with Crippen LogP contribution in [0, 0.1) is 0 Å². The summed E-state index contributed by atoms with van der Waals surface area (Å²) in [6.07, 6.45) is 6.36. The summed E-state index contributed by atoms with van der Waals surface area (Å²) in [6.45, 7) is 3.61. The third kappa shape index (κ3) is 3.54. The van der Waals surface area contributed by atoms with E-state index in [9.17, 15) is 4.79 Å². The first kappa shape index (κ1) is 13.5. The molecule has 0 aliphatic heterocycles. The quantitative estimate of drug-likeness (QED) is 0.857. The average molecular weight is 320 g/mol. The van der Waals surface area contributed by atoms with Gasteiger partial charge in [-0.3, -0.25) is 4.79 Å². The Balaban J connectivity index is 2.25. The van der Waals surface area contributed by atoms with E-state index in [1.165, 1.54) is 0 Å². The third-order valence-electron chi connectivity index (χ3n) is 2.56. The van der Waals surface area contributed by atoms with Crippen LogP contribution in [-0.4, -0.2) is 15.7 Å². The molecule has 0 fully saturated rings. The minimum absolute atomic E-state index is 0.0357. The van der Waals surface area contributed by atoms with Crippen LogP contribution >= 0.6 is 15.9 Å². The second kappa shape index (κ2) is 6.33. The topological polar surface area (TPSA) is 46.9 Å². The summed E-state index contributed by atoms with van der Waals surface area (Å²) < 4.78 is 2.62. The molecule has 0 bridgehead atoms. The van der Waals surface area contributed by atoms with Crippen molar-refractivity contribution in [2.45, 2.75) is 12.8 Å². The summed E-state index contributed by atoms with van der Waals surface area (Å²) in [5, 5.41) is 7.08. The maximum absolute atomic E-state index is 11.8. The zero-order valence-corrected chi connectivity index (χ0v) is 11.9. The Kier molecular flexibility index (Phi) is 4.52. The van der Waals surface area contributed by atoms with Gasteiger partial charge in [-0.15, -0.1) is 6.58 Å². The van der Waals surface area contributed by atoms with E-state index in [1.807, 2.05) is 30.5 Å². The van der Waals surface area contributed by atoms with E-state index in [-0.39, 0.29) is 5.91 Å². The van der Waals surface area contributed by atoms with E-state index >= 15 is 0 Å². The van der Waals surface area contributed by atoms with Crippen molar-refractivity contribution in [3.05, 3.63) is 53.8 Å². The Labute approximate surface area is 120 Å². The van der Waals surface area contributed by atoms with Crippen LogP contribution in [0.5, 0.6) is 0 Å². The van der Waals surface area contributed by atoms with Gasteiger partial charge in [-0.1, -0.05) is 22.0 Å². The van der Waals surface area contributed by atoms with Crippen molar-refractivity contribution in [3.63, 3.8) is 0 Å². The van der Waals surface area contributed by atoms with Crippen LogP contribution < -0.4 is 5.32 Å². The standard InChI is InChI=1S/C14H14BrN3O/c1-2-3-5-14(19)17-12-10-11(15)6-7-13(12)18-9-4-8-16-18/h2,4,6-10H,1,3,5H2,(H,17,19). The number of carbonyl (C=O) groups excluding carboxylic acids is 1. The molecule has 0 radical (unpaired) electrons. The molecule has 0 spiro atoms. The Morgan fingerprint density at radius 3 is 3.05 bits per heavy atom. The van der Waals surface area contributed by atoms with Gasteiger partial charge in [0.15, 0.2) is 0 Å². The molecule has 98 valence electrons. The number of carbonyl (C=O) groups is 1. The summed E-state index contributed by atoms with van der Waals surface area (Å²) in [5.74, 6) is -0.0357. The molecule has 19 heavy (non-hydrogen) atoms. The summed E-state index contributed by atoms with van der Waals surface area (Å²) >= 11 is 3.41. The number of nitrogens with zero attached hydrogens (tertiary/aromatic N) is 2. The minimum Gasteiger partial charge on any atom is -0.324 e. The van der Waals surface area contributed by atoms with E-state index < -0.39 is 0 Å². The molecular formula is C14H14BrN3O. The second-order valence-electron chi connectivity index (χ2n) is 3.99. The molecule has 1 N–H and O–H groups in total. The molecule has 0 aliphatic carbocycles. The Morgan fingerprint density at radius 1 is 1.53 bits per heavy atom. The lowest BCUT2D eigenvalue weighted by Crippen LogP contribution is -2.13. The van der Waals surface area contributed by atoms with Gasteiger partial charge in [-0.2, -0.15) is 5.10 Å². The van der Waals surface area contributed by atoms with E-state index in [0.29, 0.717) is 12.8 Å². The molecule has 1 aromatic heterocycles. The van der Waals surface area contributed by atoms with Crippen LogP contribution in [-0.2, 0) is 4.79 Å². The fourth-order valence-electron chi connectivity index (χ4n) is 1.67. The molecule has 2 rings (SSSR count). The van der Waals surface area contributed by atoms with Gasteiger partial charge in [-0.05, 0) is 30.7 Å². The van der Waals surface area contributed by atoms with Gasteiger partial charge in [0.25, 0.3) is 0 Å². The van der Waals surface area contributed by atoms with Crippen LogP contribution in [0.15, 0.2) is 53.8 Å². The van der Waals surface area contributed by atoms with Crippen molar-refractivity contribution < 1.29 is 4.79 Å². The molecule has 0 unspecified atom stereocenters. The van der Waals surface area contributed by atoms with Gasteiger partial charge in [0.1, 0.15) is 0 Å². The van der Waals surface area contributed by atoms with Gasteiger partial charge in [0.2, 0.25) is 5.91 Å². The number of hydrogen-bond acceptors (Lipinski definition) is 2. The molecule has 4 nitrogen and oxygen atoms in total. The van der Waals surface area contributed by atoms with Crippen molar-refractivity contribution >= 4 is 27.5 Å². The zero-order chi connectivity index (χ0) is 13.7. The monoisotopic (exact) mass is 319 g/mol. The number of halogens is 1. The van der Waals surface area contributed by atoms with Gasteiger partial charge in [0, 0.05) is 23.3 Å². The number of anilines is 1. The van der Waals surface area contributed by atoms with Crippen LogP contribution in [0.4, 0.5) is 5.69 Å². The van der Waals surface area contributed by atoms with E-state index in [2.05, 4.69) is 32.9 Å². The van der Waals surface area contributed by atoms with Gasteiger partial charge in [0.05, 0.1) is 11.4 Å². The molecule has 0 atom stereocenters. The van der Waals surface area contributed by atoms with Crippen molar-refractivity contribution in [1.29, 1.82) is 0 Å². The molecule has 1 aromatic carbocycles. The summed E-state index contributed by atoms with van der Waals surface area (Å²) in [5.41, 5.74) is 1.56. The number of rotatable bonds is 5. The average Bonchev–Trinajstić information content (AvgIpc) is 2.90. The molecule has 0 saturated carbocycles. The largest absolute Gasteiger partial charge is 0.324 e. The van der Waals surface area contributed by atoms with Crippen LogP contribution in [0.3, 0.4) is 0 Å². The molecular weight excluding hydrogens is 306 g/mol. The lowest BCUT2D eigenvalue weighted by atomic mass is 10.2. The van der Waals surface area contributed by atoms with Gasteiger partial charge < -0.3 is 5.32 Å². The molecule has 2 aromatic rings. The molecule has 0 saturated heterocycles. The van der Waals surface area contributed by atoms with Gasteiger partial charge >= 0.3 is 0 Å². The fourth-order valence-corrected chi connectivity index (χ4v) is 2.03. The maximum atomic E-state index is 11.8. The minimum atomic E-state index is -0.0357. The van der Waals surface area contributed by atoms with Gasteiger partial charge in [-0.25, -0.2) is 4.68 Å². The van der Waals surface area contributed by atoms with Crippen LogP contribution in [0.1, 0.15) is 12.8 Å². The van der Waals surface area contributed by atoms with Crippen molar-refractivity contribution in [3.8, 4) is 5.69 Å². The normalized spacial score (nSPS) is 10.2. The Morgan fingerprint density at radius 2 is 2.37 bits per heavy atom. The first-order valence-corrected chi connectivity index (χ1v) is 6.70. The lowest BCUT2D eigenvalue weighted by molar-refractivity contribution is -0.116. The number of aromatic nitrogens is 2. The van der Waals surface area contributed by atoms with E-state index in [0.717, 1.165) is 15.8 Å². The first-order chi connectivity index (χ1) is 9.20. The SMILES string of the molecule is C=CCCC(=O)Nc1cc(Br)ccc1-n1cccn1. The summed E-state index contributed by atoms with van der Waals surface area (Å²) in [7, 11) is 0. The Hall–Kier alpha value is -1.88. The van der Waals surface area contributed by atoms with Crippen molar-refractivity contribution in [1.82, 2.24) is 9.78 Å². The number of benzene rings is 1. The zero-order valence-electron chi connectivity index (χ0n) is 10.3. The summed E-state index contributed by atoms with van der Waals surface area (Å²) in [4.78, 5) is 11.8. The molecule has 1 heterocycles.